The van der Waals surface area contributed by atoms with Crippen molar-refractivity contribution in [3.05, 3.63) is 33.2 Å². The Balaban J connectivity index is 2.61. The van der Waals surface area contributed by atoms with Gasteiger partial charge in [-0.05, 0) is 22.9 Å². The van der Waals surface area contributed by atoms with Crippen LogP contribution in [0.2, 0.25) is 0 Å². The first-order valence-corrected chi connectivity index (χ1v) is 7.03. The summed E-state index contributed by atoms with van der Waals surface area (Å²) in [4.78, 5) is 23.1. The van der Waals surface area contributed by atoms with E-state index in [-0.39, 0.29) is 6.54 Å². The van der Waals surface area contributed by atoms with Gasteiger partial charge in [-0.15, -0.1) is 0 Å². The molecule has 0 aliphatic carbocycles. The number of anilines is 1. The molecule has 21 heavy (non-hydrogen) atoms. The molecule has 0 aliphatic rings. The van der Waals surface area contributed by atoms with Gasteiger partial charge >= 0.3 is 5.97 Å². The average molecular weight is 360 g/mol. The van der Waals surface area contributed by atoms with Crippen LogP contribution in [0.3, 0.4) is 0 Å². The number of esters is 1. The normalized spacial score (nSPS) is 10.2. The Morgan fingerprint density at radius 1 is 1.57 bits per heavy atom. The second-order valence-electron chi connectivity index (χ2n) is 4.35. The number of nitrogens with one attached hydrogen (secondary N) is 1. The Morgan fingerprint density at radius 2 is 2.29 bits per heavy atom. The molecule has 0 amide bonds. The van der Waals surface area contributed by atoms with Crippen molar-refractivity contribution in [1.82, 2.24) is 9.78 Å². The lowest BCUT2D eigenvalue weighted by atomic mass is 10.4. The molecule has 0 aliphatic heterocycles. The number of halogens is 1. The first kappa shape index (κ1) is 17.4. The summed E-state index contributed by atoms with van der Waals surface area (Å²) in [6, 6.07) is 0. The lowest BCUT2D eigenvalue weighted by Gasteiger charge is -2.10. The second kappa shape index (κ2) is 8.58. The van der Waals surface area contributed by atoms with E-state index in [1.807, 2.05) is 6.92 Å². The maximum atomic E-state index is 12.0. The van der Waals surface area contributed by atoms with Crippen LogP contribution in [-0.2, 0) is 20.8 Å². The molecule has 1 aromatic heterocycles. The third-order valence-corrected chi connectivity index (χ3v) is 3.17. The second-order valence-corrected chi connectivity index (χ2v) is 5.14. The molecular formula is C13H18BrN3O4. The van der Waals surface area contributed by atoms with Gasteiger partial charge in [0.05, 0.1) is 32.2 Å². The minimum atomic E-state index is -0.537. The van der Waals surface area contributed by atoms with Crippen molar-refractivity contribution >= 4 is 27.6 Å². The van der Waals surface area contributed by atoms with Gasteiger partial charge in [-0.25, -0.2) is 4.68 Å². The van der Waals surface area contributed by atoms with Crippen LogP contribution in [0.25, 0.3) is 0 Å². The highest BCUT2D eigenvalue weighted by Crippen LogP contribution is 2.15. The number of nitrogens with zero attached hydrogens (tertiary/aromatic N) is 2. The SMILES string of the molecule is C=C(C)COCCNc1cnn(CC(=O)OC)c(=O)c1Br. The van der Waals surface area contributed by atoms with Gasteiger partial charge in [0.15, 0.2) is 0 Å². The van der Waals surface area contributed by atoms with Crippen molar-refractivity contribution in [3.63, 3.8) is 0 Å². The third-order valence-electron chi connectivity index (χ3n) is 2.40. The summed E-state index contributed by atoms with van der Waals surface area (Å²) in [6.07, 6.45) is 1.47. The van der Waals surface area contributed by atoms with Gasteiger partial charge < -0.3 is 14.8 Å². The van der Waals surface area contributed by atoms with Crippen molar-refractivity contribution in [2.45, 2.75) is 13.5 Å². The molecule has 0 atom stereocenters. The fraction of sp³-hybridized carbons (Fsp3) is 0.462. The highest BCUT2D eigenvalue weighted by molar-refractivity contribution is 9.10. The molecule has 1 rings (SSSR count). The highest BCUT2D eigenvalue weighted by atomic mass is 79.9. The van der Waals surface area contributed by atoms with Gasteiger partial charge in [0.1, 0.15) is 11.0 Å². The Labute approximate surface area is 131 Å². The van der Waals surface area contributed by atoms with Crippen LogP contribution >= 0.6 is 15.9 Å². The Bertz CT molecular complexity index is 571. The molecule has 116 valence electrons. The van der Waals surface area contributed by atoms with Crippen molar-refractivity contribution in [2.24, 2.45) is 0 Å². The van der Waals surface area contributed by atoms with Crippen LogP contribution in [0.15, 0.2) is 27.6 Å². The van der Waals surface area contributed by atoms with E-state index in [4.69, 9.17) is 4.74 Å². The summed E-state index contributed by atoms with van der Waals surface area (Å²) in [5.74, 6) is -0.537. The van der Waals surface area contributed by atoms with Crippen molar-refractivity contribution in [1.29, 1.82) is 0 Å². The van der Waals surface area contributed by atoms with E-state index in [0.29, 0.717) is 29.9 Å². The molecule has 0 spiro atoms. The van der Waals surface area contributed by atoms with Gasteiger partial charge in [-0.3, -0.25) is 9.59 Å². The molecule has 1 heterocycles. The Morgan fingerprint density at radius 3 is 2.90 bits per heavy atom. The molecular weight excluding hydrogens is 342 g/mol. The topological polar surface area (TPSA) is 82.4 Å². The predicted octanol–water partition coefficient (Wildman–Crippen LogP) is 1.18. The molecule has 1 N–H and O–H groups in total. The molecule has 8 heteroatoms. The first-order valence-electron chi connectivity index (χ1n) is 6.24. The fourth-order valence-corrected chi connectivity index (χ4v) is 1.84. The van der Waals surface area contributed by atoms with Crippen LogP contribution < -0.4 is 10.9 Å². The van der Waals surface area contributed by atoms with E-state index in [9.17, 15) is 9.59 Å². The van der Waals surface area contributed by atoms with Gasteiger partial charge in [0, 0.05) is 6.54 Å². The smallest absolute Gasteiger partial charge is 0.327 e. The summed E-state index contributed by atoms with van der Waals surface area (Å²) in [5, 5.41) is 6.94. The van der Waals surface area contributed by atoms with Crippen molar-refractivity contribution in [2.75, 3.05) is 32.2 Å². The van der Waals surface area contributed by atoms with E-state index in [1.54, 1.807) is 0 Å². The molecule has 0 unspecified atom stereocenters. The molecule has 7 nitrogen and oxygen atoms in total. The molecule has 0 aromatic carbocycles. The van der Waals surface area contributed by atoms with E-state index >= 15 is 0 Å². The number of methoxy groups -OCH3 is 1. The average Bonchev–Trinajstić information content (AvgIpc) is 2.45. The highest BCUT2D eigenvalue weighted by Gasteiger charge is 2.11. The lowest BCUT2D eigenvalue weighted by molar-refractivity contribution is -0.141. The Hall–Kier alpha value is -1.67. The number of carbonyl (C=O) groups is 1. The van der Waals surface area contributed by atoms with Gasteiger partial charge in [0.2, 0.25) is 0 Å². The molecule has 1 aromatic rings. The van der Waals surface area contributed by atoms with Crippen LogP contribution in [-0.4, -0.2) is 42.6 Å². The Kier molecular flexibility index (Phi) is 7.10. The van der Waals surface area contributed by atoms with Crippen LogP contribution in [0.4, 0.5) is 5.69 Å². The van der Waals surface area contributed by atoms with Crippen LogP contribution in [0.5, 0.6) is 0 Å². The van der Waals surface area contributed by atoms with Crippen LogP contribution in [0, 0.1) is 0 Å². The summed E-state index contributed by atoms with van der Waals surface area (Å²) < 4.78 is 11.2. The van der Waals surface area contributed by atoms with Crippen LogP contribution in [0.1, 0.15) is 6.92 Å². The minimum absolute atomic E-state index is 0.226. The zero-order valence-corrected chi connectivity index (χ0v) is 13.6. The number of hydrogen-bond acceptors (Lipinski definition) is 6. The maximum absolute atomic E-state index is 12.0. The molecule has 0 bridgehead atoms. The number of rotatable bonds is 8. The van der Waals surface area contributed by atoms with E-state index in [0.717, 1.165) is 10.3 Å². The zero-order valence-electron chi connectivity index (χ0n) is 12.0. The summed E-state index contributed by atoms with van der Waals surface area (Å²) in [6.45, 7) is 6.89. The number of hydrogen-bond donors (Lipinski definition) is 1. The number of ether oxygens (including phenoxy) is 2. The van der Waals surface area contributed by atoms with E-state index in [1.165, 1.54) is 13.3 Å². The zero-order chi connectivity index (χ0) is 15.8. The van der Waals surface area contributed by atoms with E-state index < -0.39 is 11.5 Å². The number of carbonyl (C=O) groups excluding carboxylic acids is 1. The summed E-state index contributed by atoms with van der Waals surface area (Å²) >= 11 is 3.19. The maximum Gasteiger partial charge on any atom is 0.327 e. The van der Waals surface area contributed by atoms with Gasteiger partial charge in [-0.1, -0.05) is 12.2 Å². The van der Waals surface area contributed by atoms with Crippen molar-refractivity contribution in [3.8, 4) is 0 Å². The summed E-state index contributed by atoms with van der Waals surface area (Å²) in [7, 11) is 1.25. The quantitative estimate of drug-likeness (QED) is 0.426. The molecule has 0 saturated carbocycles. The largest absolute Gasteiger partial charge is 0.468 e. The van der Waals surface area contributed by atoms with Gasteiger partial charge in [0.25, 0.3) is 5.56 Å². The van der Waals surface area contributed by atoms with Crippen molar-refractivity contribution < 1.29 is 14.3 Å². The monoisotopic (exact) mass is 359 g/mol. The summed E-state index contributed by atoms with van der Waals surface area (Å²) in [5.41, 5.74) is 1.08. The minimum Gasteiger partial charge on any atom is -0.468 e. The standard InChI is InChI=1S/C13H18BrN3O4/c1-9(2)8-21-5-4-15-10-6-16-17(7-11(18)20-3)13(19)12(10)14/h6,15H,1,4-5,7-8H2,2-3H3. The molecule has 0 saturated heterocycles. The molecule has 0 fully saturated rings. The third kappa shape index (κ3) is 5.68. The van der Waals surface area contributed by atoms with E-state index in [2.05, 4.69) is 37.7 Å². The fourth-order valence-electron chi connectivity index (χ4n) is 1.39. The first-order chi connectivity index (χ1) is 9.95. The van der Waals surface area contributed by atoms with Gasteiger partial charge in [-0.2, -0.15) is 5.10 Å². The lowest BCUT2D eigenvalue weighted by Crippen LogP contribution is -2.28. The predicted molar refractivity (Wildman–Crippen MR) is 82.3 cm³/mol. The molecule has 0 radical (unpaired) electrons. The number of aromatic nitrogens is 2.